The lowest BCUT2D eigenvalue weighted by Gasteiger charge is -2.13. The van der Waals surface area contributed by atoms with Gasteiger partial charge in [-0.05, 0) is 42.3 Å². The highest BCUT2D eigenvalue weighted by Gasteiger charge is 2.15. The molecule has 0 saturated heterocycles. The number of carbonyl (C=O) groups is 1. The highest BCUT2D eigenvalue weighted by atomic mass is 16.5. The molecule has 1 unspecified atom stereocenters. The van der Waals surface area contributed by atoms with Gasteiger partial charge in [-0.3, -0.25) is 4.79 Å². The van der Waals surface area contributed by atoms with Gasteiger partial charge in [0.15, 0.2) is 0 Å². The molecule has 2 rings (SSSR count). The van der Waals surface area contributed by atoms with E-state index in [-0.39, 0.29) is 11.8 Å². The molecular formula is C17H20N2O2. The van der Waals surface area contributed by atoms with Crippen LogP contribution in [0.2, 0.25) is 0 Å². The average Bonchev–Trinajstić information content (AvgIpc) is 2.47. The Bertz CT molecular complexity index is 626. The van der Waals surface area contributed by atoms with E-state index in [9.17, 15) is 4.79 Å². The number of ether oxygens (including phenoxy) is 1. The summed E-state index contributed by atoms with van der Waals surface area (Å²) in [5.41, 5.74) is 9.11. The Balaban J connectivity index is 2.08. The summed E-state index contributed by atoms with van der Waals surface area (Å²) >= 11 is 0. The van der Waals surface area contributed by atoms with E-state index >= 15 is 0 Å². The Labute approximate surface area is 124 Å². The topological polar surface area (TPSA) is 64.3 Å². The molecule has 0 bridgehead atoms. The average molecular weight is 284 g/mol. The molecule has 0 aromatic heterocycles. The SMILES string of the molecule is COCc1cccc(NC(=O)C(C)c2cccc(N)c2)c1. The molecule has 0 spiro atoms. The normalized spacial score (nSPS) is 11.9. The zero-order chi connectivity index (χ0) is 15.2. The number of methoxy groups -OCH3 is 1. The monoisotopic (exact) mass is 284 g/mol. The number of anilines is 2. The maximum Gasteiger partial charge on any atom is 0.231 e. The summed E-state index contributed by atoms with van der Waals surface area (Å²) in [6.07, 6.45) is 0. The van der Waals surface area contributed by atoms with E-state index in [1.807, 2.05) is 55.5 Å². The molecule has 21 heavy (non-hydrogen) atoms. The first-order valence-corrected chi connectivity index (χ1v) is 6.84. The van der Waals surface area contributed by atoms with Crippen LogP contribution < -0.4 is 11.1 Å². The molecule has 2 aromatic rings. The van der Waals surface area contributed by atoms with Crippen LogP contribution in [0.15, 0.2) is 48.5 Å². The molecule has 2 aromatic carbocycles. The Kier molecular flexibility index (Phi) is 4.95. The molecule has 0 aliphatic rings. The fourth-order valence-electron chi connectivity index (χ4n) is 2.14. The van der Waals surface area contributed by atoms with Gasteiger partial charge in [-0.2, -0.15) is 0 Å². The maximum atomic E-state index is 12.3. The summed E-state index contributed by atoms with van der Waals surface area (Å²) in [7, 11) is 1.65. The number of benzene rings is 2. The highest BCUT2D eigenvalue weighted by Crippen LogP contribution is 2.20. The van der Waals surface area contributed by atoms with Crippen molar-refractivity contribution in [1.82, 2.24) is 0 Å². The van der Waals surface area contributed by atoms with Crippen molar-refractivity contribution in [3.05, 3.63) is 59.7 Å². The quantitative estimate of drug-likeness (QED) is 0.829. The van der Waals surface area contributed by atoms with Crippen LogP contribution in [0.3, 0.4) is 0 Å². The van der Waals surface area contributed by atoms with Crippen LogP contribution in [0, 0.1) is 0 Å². The minimum absolute atomic E-state index is 0.0600. The minimum Gasteiger partial charge on any atom is -0.399 e. The van der Waals surface area contributed by atoms with Crippen LogP contribution in [0.25, 0.3) is 0 Å². The Morgan fingerprint density at radius 3 is 2.71 bits per heavy atom. The number of nitrogen functional groups attached to an aromatic ring is 1. The molecule has 1 atom stereocenters. The van der Waals surface area contributed by atoms with Gasteiger partial charge in [0.1, 0.15) is 0 Å². The predicted molar refractivity (Wildman–Crippen MR) is 85.1 cm³/mol. The number of nitrogens with two attached hydrogens (primary N) is 1. The van der Waals surface area contributed by atoms with E-state index in [1.165, 1.54) is 0 Å². The summed E-state index contributed by atoms with van der Waals surface area (Å²) in [6.45, 7) is 2.39. The summed E-state index contributed by atoms with van der Waals surface area (Å²) in [5, 5.41) is 2.92. The lowest BCUT2D eigenvalue weighted by molar-refractivity contribution is -0.117. The zero-order valence-electron chi connectivity index (χ0n) is 12.3. The number of rotatable bonds is 5. The first-order chi connectivity index (χ1) is 10.1. The summed E-state index contributed by atoms with van der Waals surface area (Å²) in [6, 6.07) is 15.0. The lowest BCUT2D eigenvalue weighted by Crippen LogP contribution is -2.19. The molecule has 4 heteroatoms. The first-order valence-electron chi connectivity index (χ1n) is 6.84. The fraction of sp³-hybridized carbons (Fsp3) is 0.235. The molecular weight excluding hydrogens is 264 g/mol. The van der Waals surface area contributed by atoms with E-state index in [0.717, 1.165) is 16.8 Å². The second kappa shape index (κ2) is 6.90. The van der Waals surface area contributed by atoms with Gasteiger partial charge in [-0.25, -0.2) is 0 Å². The third-order valence-corrected chi connectivity index (χ3v) is 3.31. The number of carbonyl (C=O) groups excluding carboxylic acids is 1. The second-order valence-corrected chi connectivity index (χ2v) is 5.01. The van der Waals surface area contributed by atoms with Crippen molar-refractivity contribution in [2.75, 3.05) is 18.2 Å². The van der Waals surface area contributed by atoms with Crippen LogP contribution in [-0.2, 0) is 16.1 Å². The summed E-state index contributed by atoms with van der Waals surface area (Å²) in [4.78, 5) is 12.3. The van der Waals surface area contributed by atoms with Crippen molar-refractivity contribution >= 4 is 17.3 Å². The van der Waals surface area contributed by atoms with E-state index < -0.39 is 0 Å². The molecule has 1 amide bonds. The van der Waals surface area contributed by atoms with Gasteiger partial charge in [0, 0.05) is 18.5 Å². The van der Waals surface area contributed by atoms with Gasteiger partial charge in [-0.15, -0.1) is 0 Å². The summed E-state index contributed by atoms with van der Waals surface area (Å²) in [5.74, 6) is -0.324. The van der Waals surface area contributed by atoms with E-state index in [0.29, 0.717) is 12.3 Å². The number of hydrogen-bond acceptors (Lipinski definition) is 3. The van der Waals surface area contributed by atoms with Crippen molar-refractivity contribution in [1.29, 1.82) is 0 Å². The van der Waals surface area contributed by atoms with Crippen LogP contribution >= 0.6 is 0 Å². The van der Waals surface area contributed by atoms with Crippen molar-refractivity contribution in [3.63, 3.8) is 0 Å². The van der Waals surface area contributed by atoms with Crippen LogP contribution in [-0.4, -0.2) is 13.0 Å². The van der Waals surface area contributed by atoms with Crippen molar-refractivity contribution in [3.8, 4) is 0 Å². The second-order valence-electron chi connectivity index (χ2n) is 5.01. The van der Waals surface area contributed by atoms with E-state index in [1.54, 1.807) is 7.11 Å². The summed E-state index contributed by atoms with van der Waals surface area (Å²) < 4.78 is 5.09. The van der Waals surface area contributed by atoms with Gasteiger partial charge >= 0.3 is 0 Å². The Morgan fingerprint density at radius 2 is 2.00 bits per heavy atom. The molecule has 0 fully saturated rings. The van der Waals surface area contributed by atoms with Crippen molar-refractivity contribution in [2.24, 2.45) is 0 Å². The Hall–Kier alpha value is -2.33. The maximum absolute atomic E-state index is 12.3. The van der Waals surface area contributed by atoms with Crippen molar-refractivity contribution in [2.45, 2.75) is 19.4 Å². The molecule has 0 aliphatic heterocycles. The molecule has 0 aliphatic carbocycles. The third kappa shape index (κ3) is 4.07. The van der Waals surface area contributed by atoms with E-state index in [4.69, 9.17) is 10.5 Å². The largest absolute Gasteiger partial charge is 0.399 e. The van der Waals surface area contributed by atoms with Gasteiger partial charge < -0.3 is 15.8 Å². The molecule has 110 valence electrons. The first kappa shape index (κ1) is 15.1. The fourth-order valence-corrected chi connectivity index (χ4v) is 2.14. The smallest absolute Gasteiger partial charge is 0.231 e. The standard InChI is InChI=1S/C17H20N2O2/c1-12(14-6-4-7-15(18)10-14)17(20)19-16-8-3-5-13(9-16)11-21-2/h3-10,12H,11,18H2,1-2H3,(H,19,20). The van der Waals surface area contributed by atoms with Crippen LogP contribution in [0.5, 0.6) is 0 Å². The molecule has 4 nitrogen and oxygen atoms in total. The molecule has 0 radical (unpaired) electrons. The van der Waals surface area contributed by atoms with Gasteiger partial charge in [-0.1, -0.05) is 24.3 Å². The van der Waals surface area contributed by atoms with Crippen molar-refractivity contribution < 1.29 is 9.53 Å². The van der Waals surface area contributed by atoms with Crippen LogP contribution in [0.4, 0.5) is 11.4 Å². The molecule has 0 saturated carbocycles. The van der Waals surface area contributed by atoms with Gasteiger partial charge in [0.05, 0.1) is 12.5 Å². The lowest BCUT2D eigenvalue weighted by atomic mass is 9.99. The Morgan fingerprint density at radius 1 is 1.24 bits per heavy atom. The number of amides is 1. The van der Waals surface area contributed by atoms with Crippen LogP contribution in [0.1, 0.15) is 24.0 Å². The van der Waals surface area contributed by atoms with E-state index in [2.05, 4.69) is 5.32 Å². The number of nitrogens with one attached hydrogen (secondary N) is 1. The van der Waals surface area contributed by atoms with Gasteiger partial charge in [0.2, 0.25) is 5.91 Å². The third-order valence-electron chi connectivity index (χ3n) is 3.31. The molecule has 0 heterocycles. The minimum atomic E-state index is -0.264. The zero-order valence-corrected chi connectivity index (χ0v) is 12.3. The number of hydrogen-bond donors (Lipinski definition) is 2. The van der Waals surface area contributed by atoms with Gasteiger partial charge in [0.25, 0.3) is 0 Å². The molecule has 3 N–H and O–H groups in total. The predicted octanol–water partition coefficient (Wildman–Crippen LogP) is 3.16. The highest BCUT2D eigenvalue weighted by molar-refractivity contribution is 5.95.